The maximum absolute atomic E-state index is 9.60. The molecule has 68 heavy (non-hydrogen) atoms. The van der Waals surface area contributed by atoms with Gasteiger partial charge in [-0.2, -0.15) is 10.5 Å². The van der Waals surface area contributed by atoms with E-state index in [4.69, 9.17) is 30.3 Å². The molecule has 0 bridgehead atoms. The third-order valence-corrected chi connectivity index (χ3v) is 12.4. The van der Waals surface area contributed by atoms with Crippen LogP contribution in [0.25, 0.3) is 67.5 Å². The van der Waals surface area contributed by atoms with Crippen LogP contribution in [-0.2, 0) is 5.41 Å². The predicted octanol–water partition coefficient (Wildman–Crippen LogP) is 11.7. The maximum Gasteiger partial charge on any atom is 0.488 e. The van der Waals surface area contributed by atoms with Gasteiger partial charge in [0, 0.05) is 16.7 Å². The summed E-state index contributed by atoms with van der Waals surface area (Å²) in [6, 6.07) is 82.2. The summed E-state index contributed by atoms with van der Waals surface area (Å²) in [5, 5.41) is 35.3. The molecule has 2 N–H and O–H groups in total. The first kappa shape index (κ1) is 42.9. The zero-order chi connectivity index (χ0) is 46.5. The summed E-state index contributed by atoms with van der Waals surface area (Å²) >= 11 is 0. The Morgan fingerprint density at radius 2 is 0.765 bits per heavy atom. The van der Waals surface area contributed by atoms with Crippen LogP contribution in [0.5, 0.6) is 0 Å². The van der Waals surface area contributed by atoms with Crippen LogP contribution < -0.4 is 5.46 Å². The second-order valence-electron chi connectivity index (χ2n) is 16.4. The Balaban J connectivity index is 0.000000434. The molecule has 0 atom stereocenters. The molecule has 8 heteroatoms. The molecule has 320 valence electrons. The third kappa shape index (κ3) is 8.26. The van der Waals surface area contributed by atoms with Crippen molar-refractivity contribution in [3.63, 3.8) is 0 Å². The first-order chi connectivity index (χ1) is 33.4. The molecule has 10 aromatic rings. The Morgan fingerprint density at radius 1 is 0.353 bits per heavy atom. The lowest BCUT2D eigenvalue weighted by molar-refractivity contribution is 0.426. The van der Waals surface area contributed by atoms with E-state index in [1.165, 1.54) is 57.6 Å². The molecular formula is C60H40BN5O2. The zero-order valence-electron chi connectivity index (χ0n) is 36.6. The first-order valence-electron chi connectivity index (χ1n) is 22.2. The van der Waals surface area contributed by atoms with Gasteiger partial charge in [-0.25, -0.2) is 15.0 Å². The Hall–Kier alpha value is -9.05. The van der Waals surface area contributed by atoms with Gasteiger partial charge in [-0.1, -0.05) is 182 Å². The van der Waals surface area contributed by atoms with Crippen LogP contribution in [0.15, 0.2) is 231 Å². The highest BCUT2D eigenvalue weighted by Gasteiger charge is 2.46. The molecule has 0 spiro atoms. The molecule has 0 fully saturated rings. The molecular weight excluding hydrogens is 834 g/mol. The van der Waals surface area contributed by atoms with Crippen LogP contribution in [-0.4, -0.2) is 32.1 Å². The van der Waals surface area contributed by atoms with E-state index < -0.39 is 12.5 Å². The van der Waals surface area contributed by atoms with E-state index in [1.807, 2.05) is 91.0 Å². The Morgan fingerprint density at radius 3 is 1.28 bits per heavy atom. The standard InChI is InChI=1S/C53H34N4.C7H6BNO2/c54-35-36-25-27-37(28-26-36)41-31-42(33-43(32-41)52-56-50(38-15-5-1-6-16-38)55-51(57-52)39-17-7-2-8-18-39)40-29-30-47-46-23-13-14-24-48(46)53(49(47)34-40,44-19-9-3-10-20-44)45-21-11-4-12-22-45;9-5-6-1-3-7(4-2-6)8(10)11/h1-34H;1-4,10-11H. The van der Waals surface area contributed by atoms with Gasteiger partial charge in [0.1, 0.15) is 0 Å². The number of rotatable bonds is 8. The summed E-state index contributed by atoms with van der Waals surface area (Å²) in [4.78, 5) is 15.2. The van der Waals surface area contributed by atoms with Gasteiger partial charge >= 0.3 is 7.12 Å². The fraction of sp³-hybridized carbons (Fsp3) is 0.0167. The minimum Gasteiger partial charge on any atom is -0.423 e. The van der Waals surface area contributed by atoms with Crippen LogP contribution in [0, 0.1) is 22.7 Å². The zero-order valence-corrected chi connectivity index (χ0v) is 36.6. The molecule has 1 aliphatic carbocycles. The van der Waals surface area contributed by atoms with E-state index in [9.17, 15) is 5.26 Å². The molecule has 1 heterocycles. The smallest absolute Gasteiger partial charge is 0.423 e. The van der Waals surface area contributed by atoms with Gasteiger partial charge in [0.15, 0.2) is 17.5 Å². The molecule has 0 saturated carbocycles. The van der Waals surface area contributed by atoms with Crippen LogP contribution in [0.2, 0.25) is 0 Å². The van der Waals surface area contributed by atoms with Crippen molar-refractivity contribution >= 4 is 12.6 Å². The highest BCUT2D eigenvalue weighted by molar-refractivity contribution is 6.58. The van der Waals surface area contributed by atoms with Crippen molar-refractivity contribution in [1.29, 1.82) is 10.5 Å². The van der Waals surface area contributed by atoms with Crippen molar-refractivity contribution in [2.45, 2.75) is 5.41 Å². The molecule has 1 aliphatic rings. The fourth-order valence-electron chi connectivity index (χ4n) is 9.12. The molecule has 0 radical (unpaired) electrons. The molecule has 0 unspecified atom stereocenters. The first-order valence-corrected chi connectivity index (χ1v) is 22.2. The number of aromatic nitrogens is 3. The lowest BCUT2D eigenvalue weighted by atomic mass is 9.67. The summed E-state index contributed by atoms with van der Waals surface area (Å²) in [5.74, 6) is 1.79. The second kappa shape index (κ2) is 18.8. The second-order valence-corrected chi connectivity index (χ2v) is 16.4. The molecule has 0 aliphatic heterocycles. The highest BCUT2D eigenvalue weighted by Crippen LogP contribution is 2.56. The molecule has 9 aromatic carbocycles. The van der Waals surface area contributed by atoms with Gasteiger partial charge in [-0.05, 0) is 110 Å². The summed E-state index contributed by atoms with van der Waals surface area (Å²) in [6.07, 6.45) is 0. The largest absolute Gasteiger partial charge is 0.488 e. The molecule has 11 rings (SSSR count). The highest BCUT2D eigenvalue weighted by atomic mass is 16.4. The summed E-state index contributed by atoms with van der Waals surface area (Å²) < 4.78 is 0. The lowest BCUT2D eigenvalue weighted by Crippen LogP contribution is -2.29. The molecule has 0 saturated heterocycles. The van der Waals surface area contributed by atoms with Crippen molar-refractivity contribution in [2.24, 2.45) is 0 Å². The lowest BCUT2D eigenvalue weighted by Gasteiger charge is -2.34. The van der Waals surface area contributed by atoms with Crippen molar-refractivity contribution in [3.8, 4) is 79.7 Å². The van der Waals surface area contributed by atoms with E-state index in [1.54, 1.807) is 0 Å². The Kier molecular flexibility index (Phi) is 11.9. The van der Waals surface area contributed by atoms with Gasteiger partial charge in [0.25, 0.3) is 0 Å². The summed E-state index contributed by atoms with van der Waals surface area (Å²) in [7, 11) is -1.46. The van der Waals surface area contributed by atoms with Crippen LogP contribution in [0.3, 0.4) is 0 Å². The monoisotopic (exact) mass is 873 g/mol. The average Bonchev–Trinajstić information content (AvgIpc) is 3.72. The van der Waals surface area contributed by atoms with Gasteiger partial charge in [0.2, 0.25) is 0 Å². The topological polar surface area (TPSA) is 127 Å². The number of nitrogens with zero attached hydrogens (tertiary/aromatic N) is 5. The van der Waals surface area contributed by atoms with E-state index >= 15 is 0 Å². The van der Waals surface area contributed by atoms with Gasteiger partial charge in [-0.3, -0.25) is 0 Å². The minimum atomic E-state index is -1.46. The quantitative estimate of drug-likeness (QED) is 0.146. The number of hydrogen-bond acceptors (Lipinski definition) is 7. The van der Waals surface area contributed by atoms with Gasteiger partial charge in [-0.15, -0.1) is 0 Å². The van der Waals surface area contributed by atoms with E-state index in [0.29, 0.717) is 34.1 Å². The van der Waals surface area contributed by atoms with E-state index in [0.717, 1.165) is 38.9 Å². The van der Waals surface area contributed by atoms with Crippen molar-refractivity contribution in [1.82, 2.24) is 15.0 Å². The van der Waals surface area contributed by atoms with Gasteiger partial charge < -0.3 is 10.0 Å². The molecule has 1 aromatic heterocycles. The van der Waals surface area contributed by atoms with E-state index in [2.05, 4.69) is 127 Å². The average molecular weight is 874 g/mol. The van der Waals surface area contributed by atoms with Crippen LogP contribution in [0.1, 0.15) is 33.4 Å². The third-order valence-electron chi connectivity index (χ3n) is 12.4. The van der Waals surface area contributed by atoms with Crippen molar-refractivity contribution < 1.29 is 10.0 Å². The maximum atomic E-state index is 9.60. The minimum absolute atomic E-state index is 0.393. The van der Waals surface area contributed by atoms with Crippen molar-refractivity contribution in [3.05, 3.63) is 264 Å². The molecule has 7 nitrogen and oxygen atoms in total. The van der Waals surface area contributed by atoms with Crippen molar-refractivity contribution in [2.75, 3.05) is 0 Å². The number of fused-ring (bicyclic) bond motifs is 3. The van der Waals surface area contributed by atoms with Gasteiger partial charge in [0.05, 0.1) is 28.7 Å². The number of nitriles is 2. The SMILES string of the molecule is N#Cc1ccc(-c2cc(-c3ccc4c(c3)C(c3ccccc3)(c3ccccc3)c3ccccc3-4)cc(-c3nc(-c4ccccc4)nc(-c4ccccc4)n3)c2)cc1.N#Cc1ccc(B(O)O)cc1. The Labute approximate surface area is 395 Å². The predicted molar refractivity (Wildman–Crippen MR) is 270 cm³/mol. The number of hydrogen-bond donors (Lipinski definition) is 2. The summed E-state index contributed by atoms with van der Waals surface area (Å²) in [6.45, 7) is 0. The number of benzene rings is 9. The van der Waals surface area contributed by atoms with Crippen LogP contribution >= 0.6 is 0 Å². The molecule has 0 amide bonds. The normalized spacial score (nSPS) is 11.8. The fourth-order valence-corrected chi connectivity index (χ4v) is 9.12. The van der Waals surface area contributed by atoms with E-state index in [-0.39, 0.29) is 0 Å². The Bertz CT molecular complexity index is 3390. The van der Waals surface area contributed by atoms with Crippen LogP contribution in [0.4, 0.5) is 0 Å². The summed E-state index contributed by atoms with van der Waals surface area (Å²) in [5.41, 5.74) is 15.2.